The van der Waals surface area contributed by atoms with Crippen LogP contribution in [0.3, 0.4) is 0 Å². The van der Waals surface area contributed by atoms with Gasteiger partial charge in [0.25, 0.3) is 0 Å². The van der Waals surface area contributed by atoms with Crippen LogP contribution in [-0.4, -0.2) is 43.1 Å². The summed E-state index contributed by atoms with van der Waals surface area (Å²) in [5.74, 6) is -3.09. The van der Waals surface area contributed by atoms with Crippen molar-refractivity contribution in [1.29, 1.82) is 0 Å². The van der Waals surface area contributed by atoms with Gasteiger partial charge in [-0.3, -0.25) is 0 Å². The molecule has 6 heteroatoms. The number of carboxylic acids is 2. The second-order valence-electron chi connectivity index (χ2n) is 4.76. The van der Waals surface area contributed by atoms with Crippen molar-refractivity contribution in [1.82, 2.24) is 0 Å². The number of aliphatic carboxylic acids is 2. The van der Waals surface area contributed by atoms with Gasteiger partial charge in [-0.1, -0.05) is 20.8 Å². The summed E-state index contributed by atoms with van der Waals surface area (Å²) in [5.41, 5.74) is 0. The van der Waals surface area contributed by atoms with Gasteiger partial charge in [-0.05, 0) is 31.4 Å². The Morgan fingerprint density at radius 1 is 0.850 bits per heavy atom. The number of nitrogens with zero attached hydrogens (tertiary/aromatic N) is 1. The molecule has 0 aromatic heterocycles. The predicted octanol–water partition coefficient (Wildman–Crippen LogP) is -3.29. The van der Waals surface area contributed by atoms with Crippen molar-refractivity contribution in [3.8, 4) is 0 Å². The summed E-state index contributed by atoms with van der Waals surface area (Å²) in [6, 6.07) is 0. The number of carboxylic acid groups (broad SMARTS) is 2. The number of hydrogen-bond acceptors (Lipinski definition) is 4. The summed E-state index contributed by atoms with van der Waals surface area (Å²) in [6.45, 7) is 10.9. The van der Waals surface area contributed by atoms with Crippen molar-refractivity contribution in [3.05, 3.63) is 12.2 Å². The van der Waals surface area contributed by atoms with Crippen LogP contribution in [0.5, 0.6) is 0 Å². The Labute approximate surface area is 165 Å². The van der Waals surface area contributed by atoms with E-state index in [-0.39, 0.29) is 51.4 Å². The molecule has 0 aromatic rings. The number of hydrogen-bond donors (Lipinski definition) is 0. The fourth-order valence-corrected chi connectivity index (χ4v) is 2.09. The van der Waals surface area contributed by atoms with Crippen LogP contribution in [-0.2, 0) is 9.59 Å². The third-order valence-corrected chi connectivity index (χ3v) is 2.65. The zero-order valence-electron chi connectivity index (χ0n) is 13.5. The van der Waals surface area contributed by atoms with Crippen molar-refractivity contribution >= 4 is 11.9 Å². The molecule has 0 atom stereocenters. The average Bonchev–Trinajstić information content (AvgIpc) is 2.28. The van der Waals surface area contributed by atoms with Crippen molar-refractivity contribution in [2.45, 2.75) is 40.0 Å². The number of rotatable bonds is 8. The second-order valence-corrected chi connectivity index (χ2v) is 4.76. The molecule has 0 aliphatic heterocycles. The number of carbonyl (C=O) groups excluding carboxylic acids is 2. The summed E-state index contributed by atoms with van der Waals surface area (Å²) in [4.78, 5) is 18.8. The quantitative estimate of drug-likeness (QED) is 0.267. The summed E-state index contributed by atoms with van der Waals surface area (Å²) in [7, 11) is 2.39. The van der Waals surface area contributed by atoms with E-state index in [1.165, 1.54) is 43.4 Å². The smallest absolute Gasteiger partial charge is 0.545 e. The minimum absolute atomic E-state index is 0. The van der Waals surface area contributed by atoms with E-state index in [2.05, 4.69) is 27.8 Å². The van der Waals surface area contributed by atoms with Crippen LogP contribution in [0.25, 0.3) is 0 Å². The summed E-state index contributed by atoms with van der Waals surface area (Å²) >= 11 is 0. The molecule has 5 nitrogen and oxygen atoms in total. The van der Waals surface area contributed by atoms with E-state index in [1.54, 1.807) is 0 Å². The minimum Gasteiger partial charge on any atom is -0.545 e. The first-order valence-electron chi connectivity index (χ1n) is 6.74. The van der Waals surface area contributed by atoms with Gasteiger partial charge in [0, 0.05) is 0 Å². The molecule has 112 valence electrons. The largest absolute Gasteiger partial charge is 1.00 e. The van der Waals surface area contributed by atoms with Gasteiger partial charge in [-0.25, -0.2) is 0 Å². The van der Waals surface area contributed by atoms with Crippen LogP contribution in [0.15, 0.2) is 12.2 Å². The van der Waals surface area contributed by atoms with Crippen molar-refractivity contribution in [3.63, 3.8) is 0 Å². The van der Waals surface area contributed by atoms with Crippen LogP contribution in [0.2, 0.25) is 0 Å². The molecule has 0 saturated carbocycles. The molecule has 0 unspecified atom stereocenters. The van der Waals surface area contributed by atoms with Gasteiger partial charge in [-0.15, -0.1) is 0 Å². The third-order valence-electron chi connectivity index (χ3n) is 2.65. The molecule has 0 spiro atoms. The number of quaternary nitrogens is 1. The van der Waals surface area contributed by atoms with Gasteiger partial charge in [0.1, 0.15) is 0 Å². The van der Waals surface area contributed by atoms with E-state index in [0.29, 0.717) is 12.2 Å². The molecule has 0 fully saturated rings. The molecule has 20 heavy (non-hydrogen) atoms. The maximum atomic E-state index is 9.41. The number of carbonyl (C=O) groups is 2. The van der Waals surface area contributed by atoms with Crippen molar-refractivity contribution in [2.75, 3.05) is 26.7 Å². The van der Waals surface area contributed by atoms with E-state index < -0.39 is 11.9 Å². The first-order valence-corrected chi connectivity index (χ1v) is 6.74. The van der Waals surface area contributed by atoms with Gasteiger partial charge in [0.15, 0.2) is 0 Å². The Balaban J connectivity index is -0.000000288. The predicted molar refractivity (Wildman–Crippen MR) is 70.8 cm³/mol. The monoisotopic (exact) mass is 311 g/mol. The molecule has 0 N–H and O–H groups in total. The first kappa shape index (κ1) is 25.2. The summed E-state index contributed by atoms with van der Waals surface area (Å²) in [6.07, 6.45) is 4.72. The fourth-order valence-electron chi connectivity index (χ4n) is 2.09. The van der Waals surface area contributed by atoms with Crippen molar-refractivity contribution in [2.24, 2.45) is 0 Å². The third kappa shape index (κ3) is 18.3. The van der Waals surface area contributed by atoms with Crippen LogP contribution in [0, 0.1) is 0 Å². The Kier molecular flexibility index (Phi) is 19.8. The molecule has 0 amide bonds. The van der Waals surface area contributed by atoms with Crippen molar-refractivity contribution < 1.29 is 75.7 Å². The van der Waals surface area contributed by atoms with E-state index >= 15 is 0 Å². The van der Waals surface area contributed by atoms with Gasteiger partial charge >= 0.3 is 51.4 Å². The molecule has 0 aromatic carbocycles. The zero-order chi connectivity index (χ0) is 15.3. The second kappa shape index (κ2) is 15.7. The van der Waals surface area contributed by atoms with E-state index in [9.17, 15) is 19.8 Å². The Bertz CT molecular complexity index is 260. The van der Waals surface area contributed by atoms with E-state index in [1.807, 2.05) is 0 Å². The molecular weight excluding hydrogens is 285 g/mol. The molecule has 0 heterocycles. The minimum atomic E-state index is -1.55. The average molecular weight is 311 g/mol. The van der Waals surface area contributed by atoms with Gasteiger partial charge in [0.2, 0.25) is 0 Å². The molecule has 0 rings (SSSR count). The molecule has 0 bridgehead atoms. The van der Waals surface area contributed by atoms with Gasteiger partial charge < -0.3 is 24.3 Å². The van der Waals surface area contributed by atoms with Gasteiger partial charge in [0.05, 0.1) is 38.6 Å². The standard InChI is InChI=1S/C10H24N.C4H4O4.K/c1-5-8-11(4,9-6-2)10-7-3;5-3(6)1-2-4(7)8;/h5-10H2,1-4H3;1-2H,(H,5,6)(H,7,8);/q+1;;+1/p-2. The topological polar surface area (TPSA) is 80.3 Å². The van der Waals surface area contributed by atoms with E-state index in [0.717, 1.165) is 0 Å². The first-order chi connectivity index (χ1) is 8.81. The maximum absolute atomic E-state index is 9.41. The Morgan fingerprint density at radius 3 is 1.25 bits per heavy atom. The molecule has 0 radical (unpaired) electrons. The molecular formula is C14H26KNO4. The zero-order valence-corrected chi connectivity index (χ0v) is 16.6. The molecule has 0 saturated heterocycles. The fraction of sp³-hybridized carbons (Fsp3) is 0.714. The Morgan fingerprint density at radius 2 is 1.10 bits per heavy atom. The SMILES string of the molecule is CCC[N+](C)(CCC)CCC.O=C([O-])C=CC(=O)[O-].[K+]. The molecule has 0 aliphatic carbocycles. The normalized spacial score (nSPS) is 10.4. The Hall–Kier alpha value is 0.276. The van der Waals surface area contributed by atoms with E-state index in [4.69, 9.17) is 0 Å². The van der Waals surface area contributed by atoms with Crippen LogP contribution >= 0.6 is 0 Å². The van der Waals surface area contributed by atoms with Gasteiger partial charge in [-0.2, -0.15) is 0 Å². The molecule has 0 aliphatic rings. The maximum Gasteiger partial charge on any atom is 1.00 e. The van der Waals surface area contributed by atoms with Crippen LogP contribution in [0.4, 0.5) is 0 Å². The van der Waals surface area contributed by atoms with Crippen LogP contribution in [0.1, 0.15) is 40.0 Å². The van der Waals surface area contributed by atoms with Crippen LogP contribution < -0.4 is 61.6 Å². The summed E-state index contributed by atoms with van der Waals surface area (Å²) in [5, 5.41) is 18.8. The summed E-state index contributed by atoms with van der Waals surface area (Å²) < 4.78 is 1.28.